The van der Waals surface area contributed by atoms with E-state index in [0.717, 1.165) is 25.7 Å². The molecular formula is C32H62O11. The van der Waals surface area contributed by atoms with Crippen LogP contribution in [0.5, 0.6) is 0 Å². The van der Waals surface area contributed by atoms with Crippen molar-refractivity contribution in [2.24, 2.45) is 0 Å². The van der Waals surface area contributed by atoms with E-state index in [1.54, 1.807) is 0 Å². The topological polar surface area (TPSA) is 117 Å². The van der Waals surface area contributed by atoms with Crippen LogP contribution in [0.15, 0.2) is 0 Å². The molecule has 0 saturated heterocycles. The van der Waals surface area contributed by atoms with E-state index < -0.39 is 23.5 Å². The van der Waals surface area contributed by atoms with E-state index in [9.17, 15) is 9.59 Å². The highest BCUT2D eigenvalue weighted by Gasteiger charge is 2.21. The number of unbranched alkanes of at least 4 members (excludes halogenated alkanes) is 14. The van der Waals surface area contributed by atoms with Gasteiger partial charge in [0.2, 0.25) is 0 Å². The lowest BCUT2D eigenvalue weighted by Gasteiger charge is -2.24. The highest BCUT2D eigenvalue weighted by atomic mass is 17.5. The van der Waals surface area contributed by atoms with Crippen LogP contribution in [0.1, 0.15) is 157 Å². The molecule has 0 amide bonds. The van der Waals surface area contributed by atoms with Gasteiger partial charge in [0, 0.05) is 26.1 Å². The predicted octanol–water partition coefficient (Wildman–Crippen LogP) is 9.65. The number of carbonyl (C=O) groups excluding carboxylic acids is 2. The average Bonchev–Trinajstić information content (AvgIpc) is 2.95. The van der Waals surface area contributed by atoms with E-state index in [-0.39, 0.29) is 13.2 Å². The van der Waals surface area contributed by atoms with Gasteiger partial charge in [-0.15, -0.1) is 0 Å². The second-order valence-electron chi connectivity index (χ2n) is 12.2. The van der Waals surface area contributed by atoms with E-state index in [1.807, 2.05) is 27.7 Å². The highest BCUT2D eigenvalue weighted by molar-refractivity contribution is 5.76. The van der Waals surface area contributed by atoms with Crippen LogP contribution in [0, 0.1) is 0 Å². The molecular weight excluding hydrogens is 560 g/mol. The Morgan fingerprint density at radius 3 is 1.14 bits per heavy atom. The van der Waals surface area contributed by atoms with Gasteiger partial charge in [0.25, 0.3) is 0 Å². The summed E-state index contributed by atoms with van der Waals surface area (Å²) in [6, 6.07) is 0. The Morgan fingerprint density at radius 2 is 0.791 bits per heavy atom. The standard InChI is InChI=1S/C32H62O11/c1-7-9-11-13-15-17-19-21-25-35-31(3,4)23-27-37-42-40-29(33)39-30(34)41-43-38-28-24-32(5,6)36-26-22-20-18-16-14-12-10-8-2/h7-28H2,1-6H3. The van der Waals surface area contributed by atoms with Crippen molar-refractivity contribution < 1.29 is 53.4 Å². The highest BCUT2D eigenvalue weighted by Crippen LogP contribution is 2.18. The van der Waals surface area contributed by atoms with Gasteiger partial charge < -0.3 is 14.2 Å². The molecule has 11 nitrogen and oxygen atoms in total. The van der Waals surface area contributed by atoms with Crippen LogP contribution in [0.3, 0.4) is 0 Å². The third-order valence-electron chi connectivity index (χ3n) is 7.02. The molecule has 0 unspecified atom stereocenters. The van der Waals surface area contributed by atoms with Gasteiger partial charge in [-0.2, -0.15) is 19.4 Å². The lowest BCUT2D eigenvalue weighted by Crippen LogP contribution is -2.27. The molecule has 256 valence electrons. The first-order chi connectivity index (χ1) is 20.6. The number of rotatable bonds is 30. The molecule has 0 aliphatic carbocycles. The summed E-state index contributed by atoms with van der Waals surface area (Å²) in [6.45, 7) is 13.8. The third kappa shape index (κ3) is 30.3. The van der Waals surface area contributed by atoms with Gasteiger partial charge in [0.1, 0.15) is 0 Å². The fourth-order valence-electron chi connectivity index (χ4n) is 4.16. The normalized spacial score (nSPS) is 12.0. The molecule has 0 bridgehead atoms. The zero-order chi connectivity index (χ0) is 32.1. The molecule has 0 aliphatic heterocycles. The van der Waals surface area contributed by atoms with E-state index >= 15 is 0 Å². The Morgan fingerprint density at radius 1 is 0.465 bits per heavy atom. The summed E-state index contributed by atoms with van der Waals surface area (Å²) in [7, 11) is 0. The predicted molar refractivity (Wildman–Crippen MR) is 163 cm³/mol. The molecule has 11 heteroatoms. The second-order valence-corrected chi connectivity index (χ2v) is 12.2. The summed E-state index contributed by atoms with van der Waals surface area (Å²) in [5, 5.41) is 8.64. The Hall–Kier alpha value is -1.50. The Labute approximate surface area is 260 Å². The Balaban J connectivity index is 3.68. The van der Waals surface area contributed by atoms with Gasteiger partial charge in [0.05, 0.1) is 24.4 Å². The van der Waals surface area contributed by atoms with Crippen molar-refractivity contribution in [3.8, 4) is 0 Å². The maximum Gasteiger partial charge on any atom is 0.553 e. The number of ether oxygens (including phenoxy) is 3. The van der Waals surface area contributed by atoms with Crippen LogP contribution in [0.25, 0.3) is 0 Å². The van der Waals surface area contributed by atoms with Gasteiger partial charge in [0.15, 0.2) is 0 Å². The van der Waals surface area contributed by atoms with Crippen molar-refractivity contribution in [1.29, 1.82) is 0 Å². The van der Waals surface area contributed by atoms with Gasteiger partial charge >= 0.3 is 12.3 Å². The summed E-state index contributed by atoms with van der Waals surface area (Å²) in [6.07, 6.45) is 17.8. The minimum absolute atomic E-state index is 0.0955. The maximum absolute atomic E-state index is 11.5. The van der Waals surface area contributed by atoms with Gasteiger partial charge in [-0.25, -0.2) is 9.78 Å². The fraction of sp³-hybridized carbons (Fsp3) is 0.938. The lowest BCUT2D eigenvalue weighted by molar-refractivity contribution is -0.494. The minimum Gasteiger partial charge on any atom is -0.375 e. The van der Waals surface area contributed by atoms with Gasteiger partial charge in [-0.1, -0.05) is 104 Å². The van der Waals surface area contributed by atoms with Crippen molar-refractivity contribution in [2.45, 2.75) is 168 Å². The first kappa shape index (κ1) is 41.5. The molecule has 0 rings (SSSR count). The first-order valence-corrected chi connectivity index (χ1v) is 16.6. The lowest BCUT2D eigenvalue weighted by atomic mass is 10.1. The summed E-state index contributed by atoms with van der Waals surface area (Å²) < 4.78 is 16.0. The second kappa shape index (κ2) is 28.0. The number of carbonyl (C=O) groups is 2. The Kier molecular flexibility index (Phi) is 27.0. The summed E-state index contributed by atoms with van der Waals surface area (Å²) in [5.41, 5.74) is -0.860. The van der Waals surface area contributed by atoms with Crippen LogP contribution in [-0.2, 0) is 43.8 Å². The molecule has 0 saturated carbocycles. The number of hydrogen-bond acceptors (Lipinski definition) is 11. The van der Waals surface area contributed by atoms with E-state index in [1.165, 1.54) is 77.0 Å². The molecule has 0 spiro atoms. The smallest absolute Gasteiger partial charge is 0.375 e. The quantitative estimate of drug-likeness (QED) is 0.0250. The van der Waals surface area contributed by atoms with Gasteiger partial charge in [-0.3, -0.25) is 0 Å². The molecule has 0 aromatic carbocycles. The van der Waals surface area contributed by atoms with Crippen molar-refractivity contribution >= 4 is 12.3 Å². The summed E-state index contributed by atoms with van der Waals surface area (Å²) in [5.74, 6) is 0. The molecule has 0 fully saturated rings. The average molecular weight is 623 g/mol. The summed E-state index contributed by atoms with van der Waals surface area (Å²) >= 11 is 0. The molecule has 0 aromatic rings. The molecule has 0 aromatic heterocycles. The molecule has 0 N–H and O–H groups in total. The SMILES string of the molecule is CCCCCCCCCCOC(C)(C)CCOOOC(=O)OC(=O)OOOCCC(C)(C)OCCCCCCCCCC. The zero-order valence-corrected chi connectivity index (χ0v) is 28.0. The van der Waals surface area contributed by atoms with E-state index in [4.69, 9.17) is 19.2 Å². The molecule has 0 aliphatic rings. The van der Waals surface area contributed by atoms with Crippen molar-refractivity contribution in [1.82, 2.24) is 0 Å². The van der Waals surface area contributed by atoms with E-state index in [0.29, 0.717) is 26.1 Å². The zero-order valence-electron chi connectivity index (χ0n) is 28.0. The molecule has 0 heterocycles. The number of hydrogen-bond donors (Lipinski definition) is 0. The third-order valence-corrected chi connectivity index (χ3v) is 7.02. The molecule has 43 heavy (non-hydrogen) atoms. The minimum atomic E-state index is -1.49. The first-order valence-electron chi connectivity index (χ1n) is 16.6. The van der Waals surface area contributed by atoms with Crippen LogP contribution >= 0.6 is 0 Å². The van der Waals surface area contributed by atoms with Crippen LogP contribution in [-0.4, -0.2) is 49.9 Å². The van der Waals surface area contributed by atoms with Crippen molar-refractivity contribution in [3.63, 3.8) is 0 Å². The monoisotopic (exact) mass is 622 g/mol. The van der Waals surface area contributed by atoms with Crippen LogP contribution < -0.4 is 0 Å². The van der Waals surface area contributed by atoms with Crippen LogP contribution in [0.4, 0.5) is 9.59 Å². The van der Waals surface area contributed by atoms with Crippen molar-refractivity contribution in [2.75, 3.05) is 26.4 Å². The molecule has 0 radical (unpaired) electrons. The summed E-state index contributed by atoms with van der Waals surface area (Å²) in [4.78, 5) is 41.0. The van der Waals surface area contributed by atoms with Crippen LogP contribution in [0.2, 0.25) is 0 Å². The van der Waals surface area contributed by atoms with E-state index in [2.05, 4.69) is 38.4 Å². The van der Waals surface area contributed by atoms with Crippen molar-refractivity contribution in [3.05, 3.63) is 0 Å². The fourth-order valence-corrected chi connectivity index (χ4v) is 4.16. The largest absolute Gasteiger partial charge is 0.553 e. The van der Waals surface area contributed by atoms with Gasteiger partial charge in [-0.05, 0) is 50.6 Å². The molecule has 0 atom stereocenters. The maximum atomic E-state index is 11.5. The Bertz CT molecular complexity index is 601.